The Hall–Kier alpha value is -0.320. The van der Waals surface area contributed by atoms with Crippen LogP contribution < -0.4 is 5.73 Å². The number of carboxylic acids is 1. The second kappa shape index (κ2) is 6.18. The van der Waals surface area contributed by atoms with Crippen LogP contribution in [0.15, 0.2) is 0 Å². The minimum atomic E-state index is -0.825. The summed E-state index contributed by atoms with van der Waals surface area (Å²) in [6.07, 6.45) is 0.427. The zero-order valence-corrected chi connectivity index (χ0v) is 9.06. The van der Waals surface area contributed by atoms with Crippen LogP contribution >= 0.6 is 12.4 Å². The highest BCUT2D eigenvalue weighted by Crippen LogP contribution is 2.21. The molecule has 4 nitrogen and oxygen atoms in total. The van der Waals surface area contributed by atoms with Crippen molar-refractivity contribution < 1.29 is 14.6 Å². The van der Waals surface area contributed by atoms with Gasteiger partial charge in [0.25, 0.3) is 0 Å². The minimum Gasteiger partial charge on any atom is -0.481 e. The Morgan fingerprint density at radius 2 is 2.08 bits per heavy atom. The molecule has 0 aliphatic rings. The number of aliphatic carboxylic acids is 1. The molecule has 0 amide bonds. The number of hydrogen-bond acceptors (Lipinski definition) is 3. The lowest BCUT2D eigenvalue weighted by atomic mass is 9.86. The molecule has 5 heteroatoms. The quantitative estimate of drug-likeness (QED) is 0.708. The molecule has 13 heavy (non-hydrogen) atoms. The third-order valence-corrected chi connectivity index (χ3v) is 1.73. The van der Waals surface area contributed by atoms with Gasteiger partial charge >= 0.3 is 5.97 Å². The summed E-state index contributed by atoms with van der Waals surface area (Å²) in [7, 11) is 1.55. The number of carboxylic acid groups (broad SMARTS) is 1. The van der Waals surface area contributed by atoms with Crippen molar-refractivity contribution in [3.05, 3.63) is 0 Å². The Morgan fingerprint density at radius 3 is 2.38 bits per heavy atom. The first kappa shape index (κ1) is 15.2. The Balaban J connectivity index is 0. The van der Waals surface area contributed by atoms with E-state index in [9.17, 15) is 4.79 Å². The van der Waals surface area contributed by atoms with Crippen LogP contribution in [0.4, 0.5) is 0 Å². The van der Waals surface area contributed by atoms with Crippen LogP contribution in [0.2, 0.25) is 0 Å². The minimum absolute atomic E-state index is 0. The van der Waals surface area contributed by atoms with Crippen molar-refractivity contribution >= 4 is 18.4 Å². The van der Waals surface area contributed by atoms with Gasteiger partial charge in [0, 0.05) is 13.2 Å². The second-order valence-electron chi connectivity index (χ2n) is 3.61. The second-order valence-corrected chi connectivity index (χ2v) is 3.61. The monoisotopic (exact) mass is 211 g/mol. The first-order valence-corrected chi connectivity index (χ1v) is 3.88. The van der Waals surface area contributed by atoms with Crippen molar-refractivity contribution in [2.24, 2.45) is 11.1 Å². The van der Waals surface area contributed by atoms with Gasteiger partial charge in [0.1, 0.15) is 0 Å². The predicted molar refractivity (Wildman–Crippen MR) is 53.1 cm³/mol. The highest BCUT2D eigenvalue weighted by Gasteiger charge is 2.29. The lowest BCUT2D eigenvalue weighted by Gasteiger charge is -2.22. The fourth-order valence-corrected chi connectivity index (χ4v) is 1.02. The van der Waals surface area contributed by atoms with Gasteiger partial charge in [-0.05, 0) is 20.3 Å². The van der Waals surface area contributed by atoms with Gasteiger partial charge in [0.05, 0.1) is 12.0 Å². The van der Waals surface area contributed by atoms with Crippen molar-refractivity contribution in [3.63, 3.8) is 0 Å². The first-order chi connectivity index (χ1) is 5.40. The van der Waals surface area contributed by atoms with Gasteiger partial charge in [-0.15, -0.1) is 12.4 Å². The van der Waals surface area contributed by atoms with Crippen molar-refractivity contribution in [1.29, 1.82) is 0 Å². The van der Waals surface area contributed by atoms with Gasteiger partial charge in [-0.25, -0.2) is 0 Å². The van der Waals surface area contributed by atoms with Gasteiger partial charge in [-0.3, -0.25) is 4.79 Å². The van der Waals surface area contributed by atoms with Gasteiger partial charge in [0.15, 0.2) is 0 Å². The standard InChI is InChI=1S/C8H17NO3.ClH/c1-8(2,7(10)11)4-6(9)5-12-3;/h6H,4-5,9H2,1-3H3,(H,10,11);1H/t6-;/m1./s1. The normalized spacial score (nSPS) is 13.2. The van der Waals surface area contributed by atoms with Crippen LogP contribution in [0.25, 0.3) is 0 Å². The number of rotatable bonds is 5. The molecule has 0 bridgehead atoms. The average molecular weight is 212 g/mol. The Kier molecular flexibility index (Phi) is 7.21. The number of ether oxygens (including phenoxy) is 1. The van der Waals surface area contributed by atoms with Crippen molar-refractivity contribution in [2.45, 2.75) is 26.3 Å². The highest BCUT2D eigenvalue weighted by molar-refractivity contribution is 5.85. The lowest BCUT2D eigenvalue weighted by molar-refractivity contribution is -0.147. The maximum absolute atomic E-state index is 10.7. The number of nitrogens with two attached hydrogens (primary N) is 1. The molecule has 80 valence electrons. The van der Waals surface area contributed by atoms with Gasteiger partial charge < -0.3 is 15.6 Å². The van der Waals surface area contributed by atoms with Crippen molar-refractivity contribution in [1.82, 2.24) is 0 Å². The van der Waals surface area contributed by atoms with E-state index in [-0.39, 0.29) is 18.4 Å². The molecule has 0 fully saturated rings. The van der Waals surface area contributed by atoms with Crippen LogP contribution in [-0.4, -0.2) is 30.8 Å². The molecule has 0 saturated heterocycles. The van der Waals surface area contributed by atoms with Crippen LogP contribution in [0.5, 0.6) is 0 Å². The fraction of sp³-hybridized carbons (Fsp3) is 0.875. The van der Waals surface area contributed by atoms with E-state index in [4.69, 9.17) is 15.6 Å². The van der Waals surface area contributed by atoms with E-state index in [1.165, 1.54) is 0 Å². The lowest BCUT2D eigenvalue weighted by Crippen LogP contribution is -2.35. The molecule has 0 saturated carbocycles. The molecule has 1 atom stereocenters. The largest absolute Gasteiger partial charge is 0.481 e. The molecule has 0 unspecified atom stereocenters. The summed E-state index contributed by atoms with van der Waals surface area (Å²) in [6.45, 7) is 3.71. The molecule has 0 aromatic heterocycles. The number of hydrogen-bond donors (Lipinski definition) is 2. The molecule has 0 heterocycles. The fourth-order valence-electron chi connectivity index (χ4n) is 1.02. The summed E-state index contributed by atoms with van der Waals surface area (Å²) in [6, 6.07) is -0.207. The third-order valence-electron chi connectivity index (χ3n) is 1.73. The smallest absolute Gasteiger partial charge is 0.309 e. The van der Waals surface area contributed by atoms with E-state index in [0.29, 0.717) is 13.0 Å². The molecular formula is C8H18ClNO3. The molecule has 0 spiro atoms. The van der Waals surface area contributed by atoms with Crippen LogP contribution in [-0.2, 0) is 9.53 Å². The molecule has 0 aromatic rings. The maximum Gasteiger partial charge on any atom is 0.309 e. The third kappa shape index (κ3) is 5.85. The average Bonchev–Trinajstić information content (AvgIpc) is 1.85. The van der Waals surface area contributed by atoms with E-state index in [1.54, 1.807) is 21.0 Å². The first-order valence-electron chi connectivity index (χ1n) is 3.88. The molecular weight excluding hydrogens is 194 g/mol. The topological polar surface area (TPSA) is 72.5 Å². The van der Waals surface area contributed by atoms with Crippen LogP contribution in [0, 0.1) is 5.41 Å². The summed E-state index contributed by atoms with van der Waals surface area (Å²) in [5, 5.41) is 8.76. The summed E-state index contributed by atoms with van der Waals surface area (Å²) in [5.41, 5.74) is 4.85. The van der Waals surface area contributed by atoms with E-state index >= 15 is 0 Å². The Morgan fingerprint density at radius 1 is 1.62 bits per heavy atom. The highest BCUT2D eigenvalue weighted by atomic mass is 35.5. The number of methoxy groups -OCH3 is 1. The Labute approximate surface area is 84.9 Å². The molecule has 0 radical (unpaired) electrons. The Bertz CT molecular complexity index is 161. The van der Waals surface area contributed by atoms with Gasteiger partial charge in [-0.2, -0.15) is 0 Å². The van der Waals surface area contributed by atoms with E-state index in [2.05, 4.69) is 0 Å². The molecule has 0 aliphatic heterocycles. The molecule has 0 rings (SSSR count). The zero-order valence-electron chi connectivity index (χ0n) is 8.24. The van der Waals surface area contributed by atoms with Gasteiger partial charge in [0.2, 0.25) is 0 Å². The zero-order chi connectivity index (χ0) is 9.78. The maximum atomic E-state index is 10.7. The van der Waals surface area contributed by atoms with Crippen molar-refractivity contribution in [3.8, 4) is 0 Å². The summed E-state index contributed by atoms with van der Waals surface area (Å²) >= 11 is 0. The van der Waals surface area contributed by atoms with E-state index in [0.717, 1.165) is 0 Å². The molecule has 0 aliphatic carbocycles. The van der Waals surface area contributed by atoms with Crippen LogP contribution in [0.3, 0.4) is 0 Å². The molecule has 3 N–H and O–H groups in total. The number of halogens is 1. The van der Waals surface area contributed by atoms with Gasteiger partial charge in [-0.1, -0.05) is 0 Å². The van der Waals surface area contributed by atoms with E-state index < -0.39 is 11.4 Å². The molecule has 0 aromatic carbocycles. The number of carbonyl (C=O) groups is 1. The summed E-state index contributed by atoms with van der Waals surface area (Å²) in [4.78, 5) is 10.7. The predicted octanol–water partition coefficient (Wildman–Crippen LogP) is 0.883. The summed E-state index contributed by atoms with van der Waals surface area (Å²) < 4.78 is 4.81. The van der Waals surface area contributed by atoms with Crippen LogP contribution in [0.1, 0.15) is 20.3 Å². The summed E-state index contributed by atoms with van der Waals surface area (Å²) in [5.74, 6) is -0.825. The van der Waals surface area contributed by atoms with E-state index in [1.807, 2.05) is 0 Å². The van der Waals surface area contributed by atoms with Crippen molar-refractivity contribution in [2.75, 3.05) is 13.7 Å². The SMILES string of the molecule is COC[C@H](N)CC(C)(C)C(=O)O.Cl.